The van der Waals surface area contributed by atoms with Gasteiger partial charge in [0.05, 0.1) is 12.3 Å². The number of hydrogen-bond acceptors (Lipinski definition) is 5. The number of anilines is 1. The van der Waals surface area contributed by atoms with Gasteiger partial charge in [-0.2, -0.15) is 20.5 Å². The fourth-order valence-corrected chi connectivity index (χ4v) is 6.74. The first-order valence-electron chi connectivity index (χ1n) is 6.51. The first-order chi connectivity index (χ1) is 10.4. The van der Waals surface area contributed by atoms with Crippen molar-refractivity contribution in [3.05, 3.63) is 48.5 Å². The highest BCUT2D eigenvalue weighted by Gasteiger charge is 2.47. The zero-order chi connectivity index (χ0) is 16.0. The molecule has 0 N–H and O–H groups in total. The summed E-state index contributed by atoms with van der Waals surface area (Å²) in [6.07, 6.45) is 0. The van der Waals surface area contributed by atoms with Gasteiger partial charge in [0, 0.05) is 0 Å². The summed E-state index contributed by atoms with van der Waals surface area (Å²) in [6.45, 7) is 2.28. The van der Waals surface area contributed by atoms with E-state index in [-0.39, 0.29) is 15.5 Å². The number of hydrogen-bond donors (Lipinski definition) is 0. The van der Waals surface area contributed by atoms with Crippen LogP contribution in [-0.4, -0.2) is 23.4 Å². The summed E-state index contributed by atoms with van der Waals surface area (Å²) in [4.78, 5) is -0.409. The van der Waals surface area contributed by atoms with Crippen molar-refractivity contribution in [3.8, 4) is 5.75 Å². The van der Waals surface area contributed by atoms with Gasteiger partial charge < -0.3 is 4.74 Å². The summed E-state index contributed by atoms with van der Waals surface area (Å²) >= 11 is 0. The third kappa shape index (κ3) is 2.06. The Labute approximate surface area is 129 Å². The summed E-state index contributed by atoms with van der Waals surface area (Å²) in [7, 11) is -8.26. The van der Waals surface area contributed by atoms with Crippen molar-refractivity contribution >= 4 is 25.7 Å². The number of fused-ring (bicyclic) bond motifs is 1. The molecule has 0 spiro atoms. The summed E-state index contributed by atoms with van der Waals surface area (Å²) in [5.41, 5.74) is 0.0552. The number of nitrogens with zero attached hydrogens (tertiary/aromatic N) is 1. The molecule has 0 radical (unpaired) electrons. The maximum Gasteiger partial charge on any atom is 0.279 e. The van der Waals surface area contributed by atoms with Crippen LogP contribution in [-0.2, 0) is 20.0 Å². The smallest absolute Gasteiger partial charge is 0.279 e. The minimum absolute atomic E-state index is 0.0552. The SMILES string of the molecule is CCOc1ccc(N2S(=O)(=O)c3ccccc3S2(=O)=O)cc1. The van der Waals surface area contributed by atoms with Gasteiger partial charge in [-0.05, 0) is 43.3 Å². The van der Waals surface area contributed by atoms with Crippen molar-refractivity contribution in [2.24, 2.45) is 0 Å². The fraction of sp³-hybridized carbons (Fsp3) is 0.143. The standard InChI is InChI=1S/C14H13NO5S2/c1-2-20-12-9-7-11(8-10-12)15-21(16,17)13-5-3-4-6-14(13)22(15,18)19/h3-10H,2H2,1H3. The van der Waals surface area contributed by atoms with Crippen molar-refractivity contribution in [2.75, 3.05) is 10.3 Å². The fourth-order valence-electron chi connectivity index (χ4n) is 2.29. The zero-order valence-electron chi connectivity index (χ0n) is 11.6. The van der Waals surface area contributed by atoms with Gasteiger partial charge in [-0.25, -0.2) is 0 Å². The van der Waals surface area contributed by atoms with E-state index in [1.54, 1.807) is 0 Å². The van der Waals surface area contributed by atoms with Crippen LogP contribution in [0, 0.1) is 0 Å². The molecule has 0 saturated heterocycles. The highest BCUT2D eigenvalue weighted by atomic mass is 32.3. The molecule has 3 rings (SSSR count). The Bertz CT molecular complexity index is 865. The molecule has 0 atom stereocenters. The van der Waals surface area contributed by atoms with Crippen LogP contribution >= 0.6 is 0 Å². The highest BCUT2D eigenvalue weighted by molar-refractivity contribution is 8.12. The maximum atomic E-state index is 12.5. The second kappa shape index (κ2) is 4.99. The Morgan fingerprint density at radius 2 is 1.36 bits per heavy atom. The van der Waals surface area contributed by atoms with Crippen molar-refractivity contribution in [3.63, 3.8) is 0 Å². The summed E-state index contributed by atoms with van der Waals surface area (Å²) in [6, 6.07) is 11.5. The lowest BCUT2D eigenvalue weighted by Gasteiger charge is -2.16. The molecule has 2 aromatic carbocycles. The monoisotopic (exact) mass is 339 g/mol. The Morgan fingerprint density at radius 3 is 1.82 bits per heavy atom. The molecule has 0 aliphatic carbocycles. The molecule has 0 bridgehead atoms. The van der Waals surface area contributed by atoms with E-state index in [0.717, 1.165) is 0 Å². The predicted molar refractivity (Wildman–Crippen MR) is 80.9 cm³/mol. The van der Waals surface area contributed by atoms with Crippen LogP contribution in [0.15, 0.2) is 58.3 Å². The van der Waals surface area contributed by atoms with E-state index in [4.69, 9.17) is 4.74 Å². The molecule has 6 nitrogen and oxygen atoms in total. The second-order valence-electron chi connectivity index (χ2n) is 4.58. The Kier molecular flexibility index (Phi) is 3.37. The summed E-state index contributed by atoms with van der Waals surface area (Å²) in [5.74, 6) is 0.540. The van der Waals surface area contributed by atoms with Crippen LogP contribution in [0.25, 0.3) is 0 Å². The average molecular weight is 339 g/mol. The molecule has 0 amide bonds. The van der Waals surface area contributed by atoms with Gasteiger partial charge >= 0.3 is 0 Å². The molecule has 1 aliphatic rings. The van der Waals surface area contributed by atoms with Crippen molar-refractivity contribution < 1.29 is 21.6 Å². The van der Waals surface area contributed by atoms with E-state index in [9.17, 15) is 16.8 Å². The van der Waals surface area contributed by atoms with Gasteiger partial charge in [0.1, 0.15) is 15.5 Å². The molecular weight excluding hydrogens is 326 g/mol. The number of ether oxygens (including phenoxy) is 1. The molecule has 0 unspecified atom stereocenters. The zero-order valence-corrected chi connectivity index (χ0v) is 13.3. The van der Waals surface area contributed by atoms with Crippen LogP contribution < -0.4 is 8.45 Å². The van der Waals surface area contributed by atoms with Crippen molar-refractivity contribution in [1.29, 1.82) is 0 Å². The first kappa shape index (κ1) is 14.9. The molecular formula is C14H13NO5S2. The maximum absolute atomic E-state index is 12.5. The summed E-state index contributed by atoms with van der Waals surface area (Å²) < 4.78 is 55.8. The van der Waals surface area contributed by atoms with Crippen LogP contribution in [0.5, 0.6) is 5.75 Å². The van der Waals surface area contributed by atoms with Gasteiger partial charge in [0.25, 0.3) is 20.0 Å². The molecule has 2 aromatic rings. The lowest BCUT2D eigenvalue weighted by molar-refractivity contribution is 0.340. The van der Waals surface area contributed by atoms with E-state index in [1.807, 2.05) is 6.92 Å². The van der Waals surface area contributed by atoms with Crippen LogP contribution in [0.1, 0.15) is 6.92 Å². The molecule has 22 heavy (non-hydrogen) atoms. The van der Waals surface area contributed by atoms with E-state index in [1.165, 1.54) is 48.5 Å². The Morgan fingerprint density at radius 1 is 0.864 bits per heavy atom. The lowest BCUT2D eigenvalue weighted by atomic mass is 10.3. The molecule has 1 aliphatic heterocycles. The number of sulfonamides is 2. The molecule has 0 fully saturated rings. The molecule has 0 aromatic heterocycles. The molecule has 8 heteroatoms. The van der Waals surface area contributed by atoms with Gasteiger partial charge in [-0.3, -0.25) is 0 Å². The quantitative estimate of drug-likeness (QED) is 0.854. The Balaban J connectivity index is 2.16. The largest absolute Gasteiger partial charge is 0.494 e. The molecule has 116 valence electrons. The lowest BCUT2D eigenvalue weighted by Crippen LogP contribution is -2.29. The number of benzene rings is 2. The van der Waals surface area contributed by atoms with Crippen LogP contribution in [0.2, 0.25) is 0 Å². The van der Waals surface area contributed by atoms with Gasteiger partial charge in [0.2, 0.25) is 0 Å². The first-order valence-corrected chi connectivity index (χ1v) is 9.39. The van der Waals surface area contributed by atoms with Gasteiger partial charge in [-0.1, -0.05) is 12.1 Å². The average Bonchev–Trinajstić information content (AvgIpc) is 2.64. The summed E-state index contributed by atoms with van der Waals surface area (Å²) in [5, 5.41) is 0. The second-order valence-corrected chi connectivity index (χ2v) is 8.32. The topological polar surface area (TPSA) is 80.8 Å². The third-order valence-corrected chi connectivity index (χ3v) is 7.63. The van der Waals surface area contributed by atoms with Crippen LogP contribution in [0.4, 0.5) is 5.69 Å². The van der Waals surface area contributed by atoms with Crippen molar-refractivity contribution in [2.45, 2.75) is 16.7 Å². The minimum Gasteiger partial charge on any atom is -0.494 e. The highest BCUT2D eigenvalue weighted by Crippen LogP contribution is 2.40. The number of rotatable bonds is 3. The minimum atomic E-state index is -4.13. The van der Waals surface area contributed by atoms with E-state index >= 15 is 0 Å². The normalized spacial score (nSPS) is 18.0. The van der Waals surface area contributed by atoms with Gasteiger partial charge in [-0.15, -0.1) is 0 Å². The predicted octanol–water partition coefficient (Wildman–Crippen LogP) is 1.98. The van der Waals surface area contributed by atoms with Gasteiger partial charge in [0.15, 0.2) is 0 Å². The van der Waals surface area contributed by atoms with E-state index in [2.05, 4.69) is 0 Å². The Hall–Kier alpha value is -2.06. The van der Waals surface area contributed by atoms with Crippen molar-refractivity contribution in [1.82, 2.24) is 0 Å². The van der Waals surface area contributed by atoms with Crippen LogP contribution in [0.3, 0.4) is 0 Å². The molecule has 0 saturated carbocycles. The van der Waals surface area contributed by atoms with E-state index in [0.29, 0.717) is 16.1 Å². The third-order valence-electron chi connectivity index (χ3n) is 3.20. The van der Waals surface area contributed by atoms with E-state index < -0.39 is 20.0 Å². The molecule has 1 heterocycles.